The molecule has 1 rings (SSSR count). The molecule has 3 heteroatoms. The smallest absolute Gasteiger partial charge is 0.223 e. The van der Waals surface area contributed by atoms with Crippen molar-refractivity contribution in [3.63, 3.8) is 0 Å². The quantitative estimate of drug-likeness (QED) is 0.754. The van der Waals surface area contributed by atoms with Gasteiger partial charge in [0.2, 0.25) is 5.91 Å². The lowest BCUT2D eigenvalue weighted by atomic mass is 9.92. The fourth-order valence-electron chi connectivity index (χ4n) is 2.46. The van der Waals surface area contributed by atoms with Crippen molar-refractivity contribution >= 4 is 5.91 Å². The maximum absolute atomic E-state index is 11.9. The van der Waals surface area contributed by atoms with Crippen LogP contribution < -0.4 is 11.1 Å². The first-order valence-corrected chi connectivity index (χ1v) is 6.45. The van der Waals surface area contributed by atoms with Gasteiger partial charge in [0.05, 0.1) is 0 Å². The molecule has 0 heterocycles. The van der Waals surface area contributed by atoms with E-state index >= 15 is 0 Å². The van der Waals surface area contributed by atoms with Crippen molar-refractivity contribution in [1.29, 1.82) is 0 Å². The third kappa shape index (κ3) is 4.12. The van der Waals surface area contributed by atoms with Gasteiger partial charge in [-0.05, 0) is 44.1 Å². The minimum Gasteiger partial charge on any atom is -0.353 e. The largest absolute Gasteiger partial charge is 0.353 e. The van der Waals surface area contributed by atoms with Crippen LogP contribution in [0.4, 0.5) is 0 Å². The molecule has 94 valence electrons. The van der Waals surface area contributed by atoms with Gasteiger partial charge in [0.1, 0.15) is 0 Å². The summed E-state index contributed by atoms with van der Waals surface area (Å²) in [6.45, 7) is 7.22. The third-order valence-electron chi connectivity index (χ3n) is 3.60. The summed E-state index contributed by atoms with van der Waals surface area (Å²) in [5.74, 6) is 0.309. The zero-order valence-electron chi connectivity index (χ0n) is 10.9. The van der Waals surface area contributed by atoms with Crippen molar-refractivity contribution in [2.45, 2.75) is 58.9 Å². The first kappa shape index (κ1) is 13.5. The minimum absolute atomic E-state index is 0.104. The molecule has 0 bridgehead atoms. The lowest BCUT2D eigenvalue weighted by molar-refractivity contribution is -0.125. The van der Waals surface area contributed by atoms with Crippen molar-refractivity contribution in [3.8, 4) is 0 Å². The van der Waals surface area contributed by atoms with E-state index in [1.807, 2.05) is 6.92 Å². The summed E-state index contributed by atoms with van der Waals surface area (Å²) in [5.41, 5.74) is 5.85. The highest BCUT2D eigenvalue weighted by Crippen LogP contribution is 2.36. The second-order valence-corrected chi connectivity index (χ2v) is 5.94. The second-order valence-electron chi connectivity index (χ2n) is 5.94. The molecule has 3 nitrogen and oxygen atoms in total. The van der Waals surface area contributed by atoms with Gasteiger partial charge in [0.25, 0.3) is 0 Å². The molecule has 0 radical (unpaired) electrons. The van der Waals surface area contributed by atoms with Crippen LogP contribution >= 0.6 is 0 Å². The number of carbonyl (C=O) groups excluding carboxylic acids is 1. The van der Waals surface area contributed by atoms with Gasteiger partial charge in [0.15, 0.2) is 0 Å². The van der Waals surface area contributed by atoms with Crippen LogP contribution in [0.1, 0.15) is 52.9 Å². The molecule has 0 aromatic heterocycles. The summed E-state index contributed by atoms with van der Waals surface area (Å²) < 4.78 is 0. The van der Waals surface area contributed by atoms with Crippen LogP contribution in [0.3, 0.4) is 0 Å². The molecule has 0 spiro atoms. The van der Waals surface area contributed by atoms with Gasteiger partial charge in [0, 0.05) is 12.0 Å². The minimum atomic E-state index is 0.104. The van der Waals surface area contributed by atoms with E-state index in [4.69, 9.17) is 5.73 Å². The lowest BCUT2D eigenvalue weighted by Crippen LogP contribution is -2.37. The number of carbonyl (C=O) groups is 1. The van der Waals surface area contributed by atoms with Gasteiger partial charge < -0.3 is 11.1 Å². The molecule has 16 heavy (non-hydrogen) atoms. The molecule has 1 amide bonds. The third-order valence-corrected chi connectivity index (χ3v) is 3.60. The second kappa shape index (κ2) is 5.67. The fraction of sp³-hybridized carbons (Fsp3) is 0.923. The molecule has 2 unspecified atom stereocenters. The van der Waals surface area contributed by atoms with E-state index in [0.29, 0.717) is 18.0 Å². The Morgan fingerprint density at radius 2 is 2.25 bits per heavy atom. The standard InChI is InChI=1S/C13H26N2O/c1-10(5-4-8-14)12(16)15-11-6-7-13(2,3)9-11/h10-11H,4-9,14H2,1-3H3,(H,15,16). The van der Waals surface area contributed by atoms with Gasteiger partial charge >= 0.3 is 0 Å². The highest BCUT2D eigenvalue weighted by molar-refractivity contribution is 5.78. The predicted octanol–water partition coefficient (Wildman–Crippen LogP) is 2.06. The Balaban J connectivity index is 2.29. The summed E-state index contributed by atoms with van der Waals surface area (Å²) >= 11 is 0. The average Bonchev–Trinajstić information content (AvgIpc) is 2.54. The highest BCUT2D eigenvalue weighted by Gasteiger charge is 2.32. The molecule has 1 aliphatic carbocycles. The number of amides is 1. The van der Waals surface area contributed by atoms with Crippen LogP contribution in [0.5, 0.6) is 0 Å². The summed E-state index contributed by atoms with van der Waals surface area (Å²) in [7, 11) is 0. The van der Waals surface area contributed by atoms with E-state index in [1.165, 1.54) is 6.42 Å². The summed E-state index contributed by atoms with van der Waals surface area (Å²) in [5, 5.41) is 3.16. The highest BCUT2D eigenvalue weighted by atomic mass is 16.1. The van der Waals surface area contributed by atoms with Gasteiger partial charge in [-0.25, -0.2) is 0 Å². The van der Waals surface area contributed by atoms with Crippen LogP contribution in [0, 0.1) is 11.3 Å². The Morgan fingerprint density at radius 1 is 1.56 bits per heavy atom. The van der Waals surface area contributed by atoms with Gasteiger partial charge in [-0.3, -0.25) is 4.79 Å². The number of nitrogens with one attached hydrogen (secondary N) is 1. The molecule has 1 aliphatic rings. The Bertz CT molecular complexity index is 238. The summed E-state index contributed by atoms with van der Waals surface area (Å²) in [4.78, 5) is 11.9. The predicted molar refractivity (Wildman–Crippen MR) is 67.0 cm³/mol. The van der Waals surface area contributed by atoms with E-state index in [-0.39, 0.29) is 11.8 Å². The number of hydrogen-bond donors (Lipinski definition) is 2. The zero-order chi connectivity index (χ0) is 12.2. The lowest BCUT2D eigenvalue weighted by Gasteiger charge is -2.19. The average molecular weight is 226 g/mol. The topological polar surface area (TPSA) is 55.1 Å². The van der Waals surface area contributed by atoms with Crippen LogP contribution in [0.25, 0.3) is 0 Å². The van der Waals surface area contributed by atoms with Crippen LogP contribution in [0.2, 0.25) is 0 Å². The molecule has 0 aromatic carbocycles. The Kier molecular flexibility index (Phi) is 4.78. The molecule has 0 aliphatic heterocycles. The summed E-state index contributed by atoms with van der Waals surface area (Å²) in [6.07, 6.45) is 5.29. The number of nitrogens with two attached hydrogens (primary N) is 1. The van der Waals surface area contributed by atoms with Crippen molar-refractivity contribution in [3.05, 3.63) is 0 Å². The van der Waals surface area contributed by atoms with E-state index in [2.05, 4.69) is 19.2 Å². The van der Waals surface area contributed by atoms with Crippen molar-refractivity contribution in [2.75, 3.05) is 6.54 Å². The molecule has 0 saturated heterocycles. The Hall–Kier alpha value is -0.570. The first-order valence-electron chi connectivity index (χ1n) is 6.45. The fourth-order valence-corrected chi connectivity index (χ4v) is 2.46. The van der Waals surface area contributed by atoms with Crippen LogP contribution in [-0.2, 0) is 4.79 Å². The first-order chi connectivity index (χ1) is 7.44. The maximum atomic E-state index is 11.9. The molecule has 2 atom stereocenters. The van der Waals surface area contributed by atoms with E-state index < -0.39 is 0 Å². The molecule has 3 N–H and O–H groups in total. The van der Waals surface area contributed by atoms with Crippen LogP contribution in [-0.4, -0.2) is 18.5 Å². The van der Waals surface area contributed by atoms with Gasteiger partial charge in [-0.2, -0.15) is 0 Å². The SMILES string of the molecule is CC(CCCN)C(=O)NC1CCC(C)(C)C1. The summed E-state index contributed by atoms with van der Waals surface area (Å²) in [6, 6.07) is 0.392. The van der Waals surface area contributed by atoms with Crippen molar-refractivity contribution < 1.29 is 4.79 Å². The monoisotopic (exact) mass is 226 g/mol. The maximum Gasteiger partial charge on any atom is 0.223 e. The normalized spacial score (nSPS) is 25.4. The van der Waals surface area contributed by atoms with Gasteiger partial charge in [-0.15, -0.1) is 0 Å². The molecule has 1 fully saturated rings. The zero-order valence-corrected chi connectivity index (χ0v) is 10.9. The van der Waals surface area contributed by atoms with Crippen molar-refractivity contribution in [1.82, 2.24) is 5.32 Å². The van der Waals surface area contributed by atoms with E-state index in [0.717, 1.165) is 25.7 Å². The Morgan fingerprint density at radius 3 is 2.75 bits per heavy atom. The molecular formula is C13H26N2O. The number of hydrogen-bond acceptors (Lipinski definition) is 2. The molecule has 0 aromatic rings. The number of rotatable bonds is 5. The van der Waals surface area contributed by atoms with E-state index in [1.54, 1.807) is 0 Å². The Labute approximate surface area is 99.2 Å². The van der Waals surface area contributed by atoms with Crippen molar-refractivity contribution in [2.24, 2.45) is 17.1 Å². The molecule has 1 saturated carbocycles. The van der Waals surface area contributed by atoms with Crippen LogP contribution in [0.15, 0.2) is 0 Å². The molecular weight excluding hydrogens is 200 g/mol. The van der Waals surface area contributed by atoms with Gasteiger partial charge in [-0.1, -0.05) is 20.8 Å². The van der Waals surface area contributed by atoms with E-state index in [9.17, 15) is 4.79 Å².